The maximum absolute atomic E-state index is 13.0. The van der Waals surface area contributed by atoms with Crippen molar-refractivity contribution in [2.24, 2.45) is 5.92 Å². The molecule has 1 heterocycles. The summed E-state index contributed by atoms with van der Waals surface area (Å²) in [6.45, 7) is 6.37. The highest BCUT2D eigenvalue weighted by molar-refractivity contribution is 9.10. The third-order valence-corrected chi connectivity index (χ3v) is 8.77. The van der Waals surface area contributed by atoms with Gasteiger partial charge in [0, 0.05) is 43.7 Å². The number of benzene rings is 1. The molecular formula is C17H28BrN3O4S2. The summed E-state index contributed by atoms with van der Waals surface area (Å²) >= 11 is 3.30. The molecule has 1 aliphatic heterocycles. The molecule has 0 spiro atoms. The standard InChI is InChI=1S/C17H28BrN3O4S2/c1-15(2)7-10-21(27(24,25)17-5-3-16(18)4-6-17)13-14-26(22,23)20-11-8-19-9-12-20/h3-6,15,19H,7-14H2,1-2H3. The molecule has 0 saturated carbocycles. The molecule has 1 aromatic carbocycles. The molecule has 10 heteroatoms. The van der Waals surface area contributed by atoms with Crippen LogP contribution in [0.3, 0.4) is 0 Å². The first kappa shape index (κ1) is 22.8. The molecule has 1 aromatic rings. The van der Waals surface area contributed by atoms with Crippen molar-refractivity contribution in [3.05, 3.63) is 28.7 Å². The Balaban J connectivity index is 2.17. The lowest BCUT2D eigenvalue weighted by atomic mass is 10.1. The molecule has 0 radical (unpaired) electrons. The van der Waals surface area contributed by atoms with Crippen LogP contribution in [0.1, 0.15) is 20.3 Å². The summed E-state index contributed by atoms with van der Waals surface area (Å²) in [5.41, 5.74) is 0. The average Bonchev–Trinajstić information content (AvgIpc) is 2.62. The summed E-state index contributed by atoms with van der Waals surface area (Å²) in [7, 11) is -7.24. The summed E-state index contributed by atoms with van der Waals surface area (Å²) in [5.74, 6) is 0.110. The van der Waals surface area contributed by atoms with E-state index < -0.39 is 20.0 Å². The smallest absolute Gasteiger partial charge is 0.243 e. The first-order valence-corrected chi connectivity index (χ1v) is 12.9. The zero-order chi connectivity index (χ0) is 20.1. The van der Waals surface area contributed by atoms with E-state index in [1.54, 1.807) is 12.1 Å². The maximum Gasteiger partial charge on any atom is 0.243 e. The molecule has 1 N–H and O–H groups in total. The molecule has 1 saturated heterocycles. The molecule has 7 nitrogen and oxygen atoms in total. The first-order valence-electron chi connectivity index (χ1n) is 9.07. The highest BCUT2D eigenvalue weighted by atomic mass is 79.9. The van der Waals surface area contributed by atoms with E-state index in [0.717, 1.165) is 4.47 Å². The lowest BCUT2D eigenvalue weighted by Gasteiger charge is -2.28. The van der Waals surface area contributed by atoms with Crippen molar-refractivity contribution in [1.29, 1.82) is 0 Å². The van der Waals surface area contributed by atoms with E-state index in [0.29, 0.717) is 45.1 Å². The second kappa shape index (κ2) is 9.80. The molecule has 1 fully saturated rings. The van der Waals surface area contributed by atoms with Crippen LogP contribution in [0.2, 0.25) is 0 Å². The fourth-order valence-corrected chi connectivity index (χ4v) is 6.06. The molecule has 0 aromatic heterocycles. The Hall–Kier alpha value is -0.520. The summed E-state index contributed by atoms with van der Waals surface area (Å²) < 4.78 is 54.8. The van der Waals surface area contributed by atoms with Gasteiger partial charge in [0.15, 0.2) is 0 Å². The van der Waals surface area contributed by atoms with Gasteiger partial charge in [0.05, 0.1) is 10.6 Å². The quantitative estimate of drug-likeness (QED) is 0.580. The van der Waals surface area contributed by atoms with Crippen LogP contribution in [0.4, 0.5) is 0 Å². The van der Waals surface area contributed by atoms with E-state index in [9.17, 15) is 16.8 Å². The molecule has 154 valence electrons. The zero-order valence-corrected chi connectivity index (χ0v) is 19.0. The number of rotatable bonds is 9. The highest BCUT2D eigenvalue weighted by Gasteiger charge is 2.29. The Bertz CT molecular complexity index is 805. The van der Waals surface area contributed by atoms with Crippen LogP contribution < -0.4 is 5.32 Å². The molecule has 2 rings (SSSR count). The average molecular weight is 482 g/mol. The van der Waals surface area contributed by atoms with Gasteiger partial charge in [-0.1, -0.05) is 29.8 Å². The summed E-state index contributed by atoms with van der Waals surface area (Å²) in [6.07, 6.45) is 0.670. The van der Waals surface area contributed by atoms with Crippen LogP contribution in [-0.4, -0.2) is 70.5 Å². The number of sulfonamides is 2. The van der Waals surface area contributed by atoms with Crippen molar-refractivity contribution in [3.63, 3.8) is 0 Å². The Labute approximate surface area is 171 Å². The summed E-state index contributed by atoms with van der Waals surface area (Å²) in [6, 6.07) is 6.41. The third kappa shape index (κ3) is 6.50. The fraction of sp³-hybridized carbons (Fsp3) is 0.647. The van der Waals surface area contributed by atoms with Crippen molar-refractivity contribution < 1.29 is 16.8 Å². The number of halogens is 1. The minimum absolute atomic E-state index is 0.0443. The Kier molecular flexibility index (Phi) is 8.26. The monoisotopic (exact) mass is 481 g/mol. The van der Waals surface area contributed by atoms with E-state index in [4.69, 9.17) is 0 Å². The van der Waals surface area contributed by atoms with Gasteiger partial charge in [-0.15, -0.1) is 0 Å². The van der Waals surface area contributed by atoms with E-state index in [1.807, 2.05) is 13.8 Å². The number of hydrogen-bond donors (Lipinski definition) is 1. The van der Waals surface area contributed by atoms with E-state index in [2.05, 4.69) is 21.2 Å². The van der Waals surface area contributed by atoms with Gasteiger partial charge in [-0.2, -0.15) is 8.61 Å². The predicted octanol–water partition coefficient (Wildman–Crippen LogP) is 1.72. The highest BCUT2D eigenvalue weighted by Crippen LogP contribution is 2.20. The van der Waals surface area contributed by atoms with Crippen molar-refractivity contribution in [2.45, 2.75) is 25.2 Å². The SMILES string of the molecule is CC(C)CCN(CCS(=O)(=O)N1CCNCC1)S(=O)(=O)c1ccc(Br)cc1. The molecule has 1 aliphatic rings. The van der Waals surface area contributed by atoms with Crippen molar-refractivity contribution >= 4 is 36.0 Å². The minimum atomic E-state index is -3.75. The molecule has 0 bridgehead atoms. The van der Waals surface area contributed by atoms with Crippen LogP contribution in [0, 0.1) is 5.92 Å². The minimum Gasteiger partial charge on any atom is -0.314 e. The normalized spacial score (nSPS) is 16.9. The van der Waals surface area contributed by atoms with E-state index >= 15 is 0 Å². The van der Waals surface area contributed by atoms with Crippen molar-refractivity contribution in [2.75, 3.05) is 45.0 Å². The largest absolute Gasteiger partial charge is 0.314 e. The van der Waals surface area contributed by atoms with Crippen LogP contribution in [0.15, 0.2) is 33.6 Å². The number of piperazine rings is 1. The topological polar surface area (TPSA) is 86.8 Å². The number of nitrogens with one attached hydrogen (secondary N) is 1. The number of nitrogens with zero attached hydrogens (tertiary/aromatic N) is 2. The zero-order valence-electron chi connectivity index (χ0n) is 15.8. The molecular weight excluding hydrogens is 454 g/mol. The lowest BCUT2D eigenvalue weighted by molar-refractivity contribution is 0.353. The van der Waals surface area contributed by atoms with Crippen molar-refractivity contribution in [3.8, 4) is 0 Å². The fourth-order valence-electron chi connectivity index (χ4n) is 2.78. The van der Waals surface area contributed by atoms with Crippen LogP contribution >= 0.6 is 15.9 Å². The maximum atomic E-state index is 13.0. The second-order valence-corrected chi connectivity index (χ2v) is 11.9. The summed E-state index contributed by atoms with van der Waals surface area (Å²) in [4.78, 5) is 0.175. The van der Waals surface area contributed by atoms with Gasteiger partial charge < -0.3 is 5.32 Å². The van der Waals surface area contributed by atoms with Gasteiger partial charge in [-0.25, -0.2) is 16.8 Å². The van der Waals surface area contributed by atoms with Crippen LogP contribution in [0.25, 0.3) is 0 Å². The Morgan fingerprint density at radius 2 is 1.67 bits per heavy atom. The summed E-state index contributed by atoms with van der Waals surface area (Å²) in [5, 5.41) is 3.12. The second-order valence-electron chi connectivity index (χ2n) is 7.01. The van der Waals surface area contributed by atoms with Crippen molar-refractivity contribution in [1.82, 2.24) is 13.9 Å². The van der Waals surface area contributed by atoms with E-state index in [1.165, 1.54) is 20.7 Å². The molecule has 0 aliphatic carbocycles. The first-order chi connectivity index (χ1) is 12.6. The van der Waals surface area contributed by atoms with Gasteiger partial charge >= 0.3 is 0 Å². The molecule has 27 heavy (non-hydrogen) atoms. The van der Waals surface area contributed by atoms with Gasteiger partial charge in [0.1, 0.15) is 0 Å². The predicted molar refractivity (Wildman–Crippen MR) is 111 cm³/mol. The van der Waals surface area contributed by atoms with Crippen LogP contribution in [-0.2, 0) is 20.0 Å². The van der Waals surface area contributed by atoms with E-state index in [-0.39, 0.29) is 17.2 Å². The molecule has 0 atom stereocenters. The molecule has 0 unspecified atom stereocenters. The molecule has 0 amide bonds. The van der Waals surface area contributed by atoms with Gasteiger partial charge in [-0.3, -0.25) is 0 Å². The van der Waals surface area contributed by atoms with Gasteiger partial charge in [-0.05, 0) is 36.6 Å². The third-order valence-electron chi connectivity index (χ3n) is 4.48. The Morgan fingerprint density at radius 1 is 1.07 bits per heavy atom. The lowest BCUT2D eigenvalue weighted by Crippen LogP contribution is -2.48. The Morgan fingerprint density at radius 3 is 2.22 bits per heavy atom. The van der Waals surface area contributed by atoms with Crippen LogP contribution in [0.5, 0.6) is 0 Å². The number of hydrogen-bond acceptors (Lipinski definition) is 5. The van der Waals surface area contributed by atoms with Gasteiger partial charge in [0.25, 0.3) is 0 Å². The van der Waals surface area contributed by atoms with Gasteiger partial charge in [0.2, 0.25) is 20.0 Å².